The van der Waals surface area contributed by atoms with Gasteiger partial charge in [-0.15, -0.1) is 11.3 Å². The summed E-state index contributed by atoms with van der Waals surface area (Å²) in [6.45, 7) is 0. The van der Waals surface area contributed by atoms with E-state index in [1.807, 2.05) is 12.1 Å². The second kappa shape index (κ2) is 6.09. The number of benzene rings is 1. The number of fused-ring (bicyclic) bond motifs is 1. The molecule has 1 aliphatic heterocycles. The predicted molar refractivity (Wildman–Crippen MR) is 95.5 cm³/mol. The van der Waals surface area contributed by atoms with Gasteiger partial charge in [0.1, 0.15) is 4.90 Å². The van der Waals surface area contributed by atoms with Crippen LogP contribution < -0.4 is 5.32 Å². The zero-order chi connectivity index (χ0) is 17.4. The smallest absolute Gasteiger partial charge is 0.225 e. The van der Waals surface area contributed by atoms with Crippen molar-refractivity contribution in [2.75, 3.05) is 5.32 Å². The fraction of sp³-hybridized carbons (Fsp3) is 0.111. The van der Waals surface area contributed by atoms with Gasteiger partial charge in [-0.05, 0) is 23.8 Å². The summed E-state index contributed by atoms with van der Waals surface area (Å²) in [7, 11) is -3.69. The molecule has 1 aromatic carbocycles. The maximum absolute atomic E-state index is 13.0. The number of nitrogens with one attached hydrogen (secondary N) is 1. The molecule has 3 heterocycles. The van der Waals surface area contributed by atoms with E-state index in [-0.39, 0.29) is 28.0 Å². The number of pyridine rings is 1. The number of amides is 1. The number of carbonyl (C=O) groups excluding carboxylic acids is 1. The molecular weight excluding hydrogens is 356 g/mol. The summed E-state index contributed by atoms with van der Waals surface area (Å²) >= 11 is 1.36. The molecule has 0 aliphatic carbocycles. The zero-order valence-corrected chi connectivity index (χ0v) is 14.7. The minimum Gasteiger partial charge on any atom is -0.324 e. The SMILES string of the molecule is O=C1C[C@H](c2cccnc2)c2scc(S(=O)(=O)c3ccccc3)c2N1. The highest BCUT2D eigenvalue weighted by molar-refractivity contribution is 7.91. The van der Waals surface area contributed by atoms with Gasteiger partial charge in [0.15, 0.2) is 0 Å². The van der Waals surface area contributed by atoms with Crippen LogP contribution in [0.4, 0.5) is 5.69 Å². The standard InChI is InChI=1S/C18H14N2O3S2/c21-16-9-14(12-5-4-8-19-10-12)18-17(20-16)15(11-24-18)25(22,23)13-6-2-1-3-7-13/h1-8,10-11,14H,9H2,(H,20,21)/t14-/m1/s1. The normalized spacial score (nSPS) is 17.0. The molecule has 1 amide bonds. The van der Waals surface area contributed by atoms with Gasteiger partial charge in [-0.2, -0.15) is 0 Å². The van der Waals surface area contributed by atoms with Crippen molar-refractivity contribution in [2.45, 2.75) is 22.1 Å². The fourth-order valence-corrected chi connectivity index (χ4v) is 5.91. The Morgan fingerprint density at radius 1 is 1.12 bits per heavy atom. The number of hydrogen-bond donors (Lipinski definition) is 1. The first-order chi connectivity index (χ1) is 12.1. The molecule has 1 aliphatic rings. The highest BCUT2D eigenvalue weighted by Gasteiger charge is 2.34. The highest BCUT2D eigenvalue weighted by atomic mass is 32.2. The van der Waals surface area contributed by atoms with E-state index in [4.69, 9.17) is 0 Å². The molecule has 5 nitrogen and oxygen atoms in total. The molecule has 1 N–H and O–H groups in total. The van der Waals surface area contributed by atoms with Crippen molar-refractivity contribution in [3.05, 3.63) is 70.7 Å². The van der Waals surface area contributed by atoms with Gasteiger partial charge in [0.25, 0.3) is 0 Å². The molecule has 0 fully saturated rings. The highest BCUT2D eigenvalue weighted by Crippen LogP contribution is 2.45. The van der Waals surface area contributed by atoms with E-state index in [2.05, 4.69) is 10.3 Å². The Kier molecular flexibility index (Phi) is 3.89. The van der Waals surface area contributed by atoms with E-state index < -0.39 is 9.84 Å². The van der Waals surface area contributed by atoms with E-state index in [1.165, 1.54) is 11.3 Å². The van der Waals surface area contributed by atoms with E-state index in [9.17, 15) is 13.2 Å². The Balaban J connectivity index is 1.85. The molecule has 0 spiro atoms. The first-order valence-electron chi connectivity index (χ1n) is 7.68. The number of aromatic nitrogens is 1. The Labute approximate surface area is 149 Å². The van der Waals surface area contributed by atoms with Crippen molar-refractivity contribution in [1.82, 2.24) is 4.98 Å². The third-order valence-electron chi connectivity index (χ3n) is 4.19. The van der Waals surface area contributed by atoms with Crippen LogP contribution in [0.3, 0.4) is 0 Å². The molecule has 126 valence electrons. The van der Waals surface area contributed by atoms with E-state index >= 15 is 0 Å². The third-order valence-corrected chi connectivity index (χ3v) is 7.23. The number of nitrogens with zero attached hydrogens (tertiary/aromatic N) is 1. The minimum atomic E-state index is -3.69. The molecule has 0 bridgehead atoms. The lowest BCUT2D eigenvalue weighted by atomic mass is 9.92. The van der Waals surface area contributed by atoms with Crippen molar-refractivity contribution in [3.63, 3.8) is 0 Å². The summed E-state index contributed by atoms with van der Waals surface area (Å²) in [5.41, 5.74) is 1.31. The average Bonchev–Trinajstić information content (AvgIpc) is 3.07. The molecule has 1 atom stereocenters. The van der Waals surface area contributed by atoms with Crippen molar-refractivity contribution in [2.24, 2.45) is 0 Å². The lowest BCUT2D eigenvalue weighted by Gasteiger charge is -2.23. The van der Waals surface area contributed by atoms with Crippen LogP contribution in [0.15, 0.2) is 70.0 Å². The Morgan fingerprint density at radius 3 is 2.64 bits per heavy atom. The molecule has 0 saturated heterocycles. The average molecular weight is 370 g/mol. The molecule has 7 heteroatoms. The van der Waals surface area contributed by atoms with Gasteiger partial charge in [-0.1, -0.05) is 24.3 Å². The van der Waals surface area contributed by atoms with Crippen LogP contribution in [0.5, 0.6) is 0 Å². The van der Waals surface area contributed by atoms with Crippen LogP contribution in [0.25, 0.3) is 0 Å². The molecule has 25 heavy (non-hydrogen) atoms. The van der Waals surface area contributed by atoms with Crippen LogP contribution in [0.2, 0.25) is 0 Å². The topological polar surface area (TPSA) is 76.1 Å². The van der Waals surface area contributed by atoms with Gasteiger partial charge >= 0.3 is 0 Å². The second-order valence-electron chi connectivity index (χ2n) is 5.75. The molecule has 0 radical (unpaired) electrons. The van der Waals surface area contributed by atoms with E-state index in [1.54, 1.807) is 48.1 Å². The molecule has 0 saturated carbocycles. The summed E-state index contributed by atoms with van der Waals surface area (Å²) in [6, 6.07) is 12.0. The zero-order valence-electron chi connectivity index (χ0n) is 13.0. The van der Waals surface area contributed by atoms with E-state index in [0.29, 0.717) is 5.69 Å². The Morgan fingerprint density at radius 2 is 1.92 bits per heavy atom. The lowest BCUT2D eigenvalue weighted by Crippen LogP contribution is -2.23. The fourth-order valence-electron chi connectivity index (χ4n) is 2.98. The molecule has 0 unspecified atom stereocenters. The van der Waals surface area contributed by atoms with Gasteiger partial charge in [0.2, 0.25) is 15.7 Å². The van der Waals surface area contributed by atoms with Gasteiger partial charge in [0, 0.05) is 35.0 Å². The number of hydrogen-bond acceptors (Lipinski definition) is 5. The number of carbonyl (C=O) groups is 1. The third kappa shape index (κ3) is 2.75. The van der Waals surface area contributed by atoms with Crippen molar-refractivity contribution < 1.29 is 13.2 Å². The van der Waals surface area contributed by atoms with Crippen LogP contribution >= 0.6 is 11.3 Å². The van der Waals surface area contributed by atoms with Crippen molar-refractivity contribution in [1.29, 1.82) is 0 Å². The molecular formula is C18H14N2O3S2. The summed E-state index contributed by atoms with van der Waals surface area (Å²) < 4.78 is 25.9. The van der Waals surface area contributed by atoms with Crippen molar-refractivity contribution >= 4 is 32.8 Å². The van der Waals surface area contributed by atoms with E-state index in [0.717, 1.165) is 10.4 Å². The van der Waals surface area contributed by atoms with Crippen LogP contribution in [-0.2, 0) is 14.6 Å². The van der Waals surface area contributed by atoms with Crippen LogP contribution in [-0.4, -0.2) is 19.3 Å². The van der Waals surface area contributed by atoms with Crippen LogP contribution in [0, 0.1) is 0 Å². The number of rotatable bonds is 3. The molecule has 3 aromatic rings. The number of anilines is 1. The second-order valence-corrected chi connectivity index (χ2v) is 8.58. The van der Waals surface area contributed by atoms with Gasteiger partial charge in [-0.25, -0.2) is 8.42 Å². The number of sulfone groups is 1. The lowest BCUT2D eigenvalue weighted by molar-refractivity contribution is -0.116. The quantitative estimate of drug-likeness (QED) is 0.766. The summed E-state index contributed by atoms with van der Waals surface area (Å²) in [5, 5.41) is 4.37. The maximum Gasteiger partial charge on any atom is 0.225 e. The first kappa shape index (κ1) is 16.0. The summed E-state index contributed by atoms with van der Waals surface area (Å²) in [5.74, 6) is -0.369. The van der Waals surface area contributed by atoms with Gasteiger partial charge < -0.3 is 5.32 Å². The van der Waals surface area contributed by atoms with Gasteiger partial charge in [0.05, 0.1) is 10.6 Å². The van der Waals surface area contributed by atoms with Crippen molar-refractivity contribution in [3.8, 4) is 0 Å². The Bertz CT molecular complexity index is 1030. The molecule has 2 aromatic heterocycles. The largest absolute Gasteiger partial charge is 0.324 e. The summed E-state index contributed by atoms with van der Waals surface area (Å²) in [6.07, 6.45) is 3.68. The summed E-state index contributed by atoms with van der Waals surface area (Å²) in [4.78, 5) is 17.5. The number of thiophene rings is 1. The monoisotopic (exact) mass is 370 g/mol. The Hall–Kier alpha value is -2.51. The minimum absolute atomic E-state index is 0.153. The van der Waals surface area contributed by atoms with Gasteiger partial charge in [-0.3, -0.25) is 9.78 Å². The maximum atomic E-state index is 13.0. The van der Waals surface area contributed by atoms with Crippen LogP contribution in [0.1, 0.15) is 22.8 Å². The first-order valence-corrected chi connectivity index (χ1v) is 10.0. The predicted octanol–water partition coefficient (Wildman–Crippen LogP) is 3.45. The molecule has 4 rings (SSSR count).